The zero-order valence-electron chi connectivity index (χ0n) is 20.2. The Balaban J connectivity index is 1.41. The lowest BCUT2D eigenvalue weighted by Crippen LogP contribution is -2.49. The molecule has 1 aliphatic heterocycles. The number of halogens is 1. The molecule has 3 aromatic carbocycles. The zero-order valence-corrected chi connectivity index (χ0v) is 20.2. The average molecular weight is 487 g/mol. The summed E-state index contributed by atoms with van der Waals surface area (Å²) >= 11 is 0. The molecule has 8 heteroatoms. The number of carbonyl (C=O) groups is 2. The molecule has 0 aliphatic carbocycles. The predicted molar refractivity (Wildman–Crippen MR) is 138 cm³/mol. The number of fused-ring (bicyclic) bond motifs is 1. The molecule has 0 spiro atoms. The lowest BCUT2D eigenvalue weighted by Gasteiger charge is -2.36. The molecular formula is C28H27FN4O3. The third kappa shape index (κ3) is 4.49. The third-order valence-electron chi connectivity index (χ3n) is 6.51. The minimum Gasteiger partial charge on any atom is -0.495 e. The largest absolute Gasteiger partial charge is 0.495 e. The second kappa shape index (κ2) is 9.73. The minimum atomic E-state index is -0.419. The van der Waals surface area contributed by atoms with E-state index in [1.165, 1.54) is 24.3 Å². The van der Waals surface area contributed by atoms with Gasteiger partial charge in [0.1, 0.15) is 17.3 Å². The highest BCUT2D eigenvalue weighted by molar-refractivity contribution is 6.15. The first-order chi connectivity index (χ1) is 17.4. The fourth-order valence-corrected chi connectivity index (χ4v) is 4.58. The molecule has 0 radical (unpaired) electrons. The van der Waals surface area contributed by atoms with Gasteiger partial charge in [-0.1, -0.05) is 23.8 Å². The van der Waals surface area contributed by atoms with E-state index in [4.69, 9.17) is 4.74 Å². The number of rotatable bonds is 5. The molecule has 184 valence electrons. The van der Waals surface area contributed by atoms with Gasteiger partial charge in [0.25, 0.3) is 11.8 Å². The number of para-hydroxylation sites is 2. The number of aromatic nitrogens is 1. The number of hydrogen-bond donors (Lipinski definition) is 2. The summed E-state index contributed by atoms with van der Waals surface area (Å²) in [5.41, 5.74) is 3.83. The van der Waals surface area contributed by atoms with Crippen molar-refractivity contribution in [3.8, 4) is 5.75 Å². The lowest BCUT2D eigenvalue weighted by molar-refractivity contribution is 0.0743. The van der Waals surface area contributed by atoms with E-state index in [1.54, 1.807) is 12.0 Å². The van der Waals surface area contributed by atoms with E-state index in [1.807, 2.05) is 49.4 Å². The maximum atomic E-state index is 13.7. The van der Waals surface area contributed by atoms with Crippen LogP contribution in [0.25, 0.3) is 10.9 Å². The van der Waals surface area contributed by atoms with Crippen molar-refractivity contribution in [2.75, 3.05) is 43.5 Å². The van der Waals surface area contributed by atoms with Gasteiger partial charge in [-0.2, -0.15) is 0 Å². The molecule has 36 heavy (non-hydrogen) atoms. The molecule has 2 amide bonds. The number of H-pyrrole nitrogens is 1. The second-order valence-electron chi connectivity index (χ2n) is 8.84. The summed E-state index contributed by atoms with van der Waals surface area (Å²) in [5, 5.41) is 3.65. The number of nitrogens with zero attached hydrogens (tertiary/aromatic N) is 2. The van der Waals surface area contributed by atoms with E-state index in [9.17, 15) is 14.0 Å². The van der Waals surface area contributed by atoms with Crippen molar-refractivity contribution < 1.29 is 18.7 Å². The van der Waals surface area contributed by atoms with Crippen LogP contribution in [-0.2, 0) is 0 Å². The van der Waals surface area contributed by atoms with Gasteiger partial charge >= 0.3 is 0 Å². The van der Waals surface area contributed by atoms with Crippen LogP contribution in [0.4, 0.5) is 15.8 Å². The molecule has 0 atom stereocenters. The first kappa shape index (κ1) is 23.4. The van der Waals surface area contributed by atoms with E-state index in [0.717, 1.165) is 27.9 Å². The van der Waals surface area contributed by atoms with Crippen LogP contribution in [0.15, 0.2) is 66.7 Å². The van der Waals surface area contributed by atoms with E-state index in [0.29, 0.717) is 43.1 Å². The summed E-state index contributed by atoms with van der Waals surface area (Å²) in [6.45, 7) is 4.31. The Morgan fingerprint density at radius 3 is 2.42 bits per heavy atom. The fraction of sp³-hybridized carbons (Fsp3) is 0.214. The first-order valence-corrected chi connectivity index (χ1v) is 11.8. The lowest BCUT2D eigenvalue weighted by atomic mass is 10.1. The summed E-state index contributed by atoms with van der Waals surface area (Å²) in [5.74, 6) is -0.211. The van der Waals surface area contributed by atoms with E-state index < -0.39 is 11.7 Å². The molecule has 0 unspecified atom stereocenters. The molecule has 2 heterocycles. The van der Waals surface area contributed by atoms with Crippen LogP contribution in [0, 0.1) is 12.7 Å². The van der Waals surface area contributed by atoms with Gasteiger partial charge in [0.15, 0.2) is 0 Å². The number of piperazine rings is 1. The van der Waals surface area contributed by atoms with Crippen LogP contribution in [-0.4, -0.2) is 55.0 Å². The fourth-order valence-electron chi connectivity index (χ4n) is 4.58. The van der Waals surface area contributed by atoms with Crippen LogP contribution in [0.1, 0.15) is 26.4 Å². The third-order valence-corrected chi connectivity index (χ3v) is 6.51. The number of nitrogens with one attached hydrogen (secondary N) is 2. The van der Waals surface area contributed by atoms with Gasteiger partial charge in [0, 0.05) is 42.6 Å². The highest BCUT2D eigenvalue weighted by atomic mass is 19.1. The van der Waals surface area contributed by atoms with Crippen molar-refractivity contribution in [1.29, 1.82) is 0 Å². The van der Waals surface area contributed by atoms with Crippen molar-refractivity contribution in [2.45, 2.75) is 6.92 Å². The van der Waals surface area contributed by atoms with Gasteiger partial charge in [-0.25, -0.2) is 4.39 Å². The number of carbonyl (C=O) groups excluding carboxylic acids is 2. The summed E-state index contributed by atoms with van der Waals surface area (Å²) in [6, 6.07) is 18.9. The van der Waals surface area contributed by atoms with Gasteiger partial charge in [0.05, 0.1) is 18.5 Å². The number of aryl methyl sites for hydroxylation is 1. The number of ether oxygens (including phenoxy) is 1. The Morgan fingerprint density at radius 1 is 0.972 bits per heavy atom. The number of hydrogen-bond acceptors (Lipinski definition) is 4. The molecule has 2 N–H and O–H groups in total. The standard InChI is InChI=1S/C28H27FN4O3/c1-18-7-12-22-21(17-18)25(31-27(34)19-8-10-20(29)11-9-19)26(30-22)28(35)33-15-13-32(14-16-33)23-5-3-4-6-24(23)36-2/h3-12,17,30H,13-16H2,1-2H3,(H,31,34). The van der Waals surface area contributed by atoms with Gasteiger partial charge < -0.3 is 24.8 Å². The Kier molecular flexibility index (Phi) is 6.33. The molecule has 0 bridgehead atoms. The molecule has 0 saturated carbocycles. The van der Waals surface area contributed by atoms with Crippen LogP contribution in [0.2, 0.25) is 0 Å². The van der Waals surface area contributed by atoms with Gasteiger partial charge in [-0.3, -0.25) is 9.59 Å². The summed E-state index contributed by atoms with van der Waals surface area (Å²) in [4.78, 5) is 33.8. The van der Waals surface area contributed by atoms with E-state index >= 15 is 0 Å². The molecule has 4 aromatic rings. The smallest absolute Gasteiger partial charge is 0.272 e. The molecular weight excluding hydrogens is 459 g/mol. The SMILES string of the molecule is COc1ccccc1N1CCN(C(=O)c2[nH]c3ccc(C)cc3c2NC(=O)c2ccc(F)cc2)CC1. The monoisotopic (exact) mass is 486 g/mol. The Hall–Kier alpha value is -4.33. The molecule has 7 nitrogen and oxygen atoms in total. The van der Waals surface area contributed by atoms with Crippen molar-refractivity contribution >= 4 is 34.1 Å². The molecule has 1 aliphatic rings. The van der Waals surface area contributed by atoms with Gasteiger partial charge in [-0.05, 0) is 55.5 Å². The second-order valence-corrected chi connectivity index (χ2v) is 8.84. The maximum absolute atomic E-state index is 13.7. The molecule has 1 aromatic heterocycles. The normalized spacial score (nSPS) is 13.6. The number of aromatic amines is 1. The van der Waals surface area contributed by atoms with Gasteiger partial charge in [-0.15, -0.1) is 0 Å². The Morgan fingerprint density at radius 2 is 1.69 bits per heavy atom. The summed E-state index contributed by atoms with van der Waals surface area (Å²) in [6.07, 6.45) is 0. The quantitative estimate of drug-likeness (QED) is 0.423. The number of anilines is 2. The molecule has 1 fully saturated rings. The Labute approximate surface area is 208 Å². The van der Waals surface area contributed by atoms with Crippen LogP contribution < -0.4 is 15.0 Å². The van der Waals surface area contributed by atoms with E-state index in [-0.39, 0.29) is 5.91 Å². The van der Waals surface area contributed by atoms with Crippen molar-refractivity contribution in [3.05, 3.63) is 89.4 Å². The van der Waals surface area contributed by atoms with Crippen LogP contribution >= 0.6 is 0 Å². The van der Waals surface area contributed by atoms with Crippen molar-refractivity contribution in [3.63, 3.8) is 0 Å². The minimum absolute atomic E-state index is 0.182. The number of amides is 2. The van der Waals surface area contributed by atoms with Gasteiger partial charge in [0.2, 0.25) is 0 Å². The first-order valence-electron chi connectivity index (χ1n) is 11.8. The number of methoxy groups -OCH3 is 1. The predicted octanol–water partition coefficient (Wildman–Crippen LogP) is 4.84. The summed E-state index contributed by atoms with van der Waals surface area (Å²) in [7, 11) is 1.65. The summed E-state index contributed by atoms with van der Waals surface area (Å²) < 4.78 is 18.8. The zero-order chi connectivity index (χ0) is 25.2. The molecule has 1 saturated heterocycles. The molecule has 5 rings (SSSR count). The highest BCUT2D eigenvalue weighted by Gasteiger charge is 2.28. The van der Waals surface area contributed by atoms with Crippen molar-refractivity contribution in [2.24, 2.45) is 0 Å². The van der Waals surface area contributed by atoms with Crippen molar-refractivity contribution in [1.82, 2.24) is 9.88 Å². The average Bonchev–Trinajstić information content (AvgIpc) is 3.25. The van der Waals surface area contributed by atoms with E-state index in [2.05, 4.69) is 15.2 Å². The number of benzene rings is 3. The highest BCUT2D eigenvalue weighted by Crippen LogP contribution is 2.32. The van der Waals surface area contributed by atoms with Crippen LogP contribution in [0.3, 0.4) is 0 Å². The Bertz CT molecular complexity index is 1420. The maximum Gasteiger partial charge on any atom is 0.272 e. The van der Waals surface area contributed by atoms with Crippen LogP contribution in [0.5, 0.6) is 5.75 Å². The topological polar surface area (TPSA) is 77.7 Å².